The van der Waals surface area contributed by atoms with Crippen molar-refractivity contribution in [3.63, 3.8) is 0 Å². The molecule has 102 valence electrons. The Bertz CT molecular complexity index is 372. The molecule has 3 heteroatoms. The number of ketones is 1. The summed E-state index contributed by atoms with van der Waals surface area (Å²) in [7, 11) is 0. The number of carbonyl (C=O) groups is 1. The van der Waals surface area contributed by atoms with Gasteiger partial charge in [0.15, 0.2) is 5.79 Å². The molecule has 1 spiro atoms. The zero-order valence-electron chi connectivity index (χ0n) is 11.8. The lowest BCUT2D eigenvalue weighted by Crippen LogP contribution is -2.61. The fourth-order valence-corrected chi connectivity index (χ4v) is 4.60. The van der Waals surface area contributed by atoms with Crippen LogP contribution in [0.3, 0.4) is 0 Å². The molecule has 3 fully saturated rings. The van der Waals surface area contributed by atoms with E-state index in [2.05, 4.69) is 20.8 Å². The predicted octanol–water partition coefficient (Wildman–Crippen LogP) is 2.93. The fraction of sp³-hybridized carbons (Fsp3) is 0.933. The number of hydrogen-bond acceptors (Lipinski definition) is 3. The maximum absolute atomic E-state index is 12.4. The van der Waals surface area contributed by atoms with Crippen LogP contribution in [0.1, 0.15) is 52.9 Å². The van der Waals surface area contributed by atoms with Crippen molar-refractivity contribution in [2.45, 2.75) is 58.7 Å². The minimum atomic E-state index is -0.411. The molecule has 2 aliphatic carbocycles. The standard InChI is InChI=1S/C15H24O3/c1-11-13(2)6-4-5-12(16)14(13,3)7-8-15(11)17-9-10-18-15/h11H,4-10H2,1-3H3. The molecule has 2 saturated carbocycles. The molecule has 3 aliphatic rings. The second-order valence-electron chi connectivity index (χ2n) is 6.76. The summed E-state index contributed by atoms with van der Waals surface area (Å²) in [4.78, 5) is 12.4. The summed E-state index contributed by atoms with van der Waals surface area (Å²) in [6.45, 7) is 8.07. The zero-order valence-corrected chi connectivity index (χ0v) is 11.8. The molecule has 0 aromatic heterocycles. The van der Waals surface area contributed by atoms with E-state index in [1.54, 1.807) is 0 Å². The summed E-state index contributed by atoms with van der Waals surface area (Å²) in [5.41, 5.74) is -0.157. The van der Waals surface area contributed by atoms with E-state index in [1.165, 1.54) is 0 Å². The Kier molecular flexibility index (Phi) is 2.66. The van der Waals surface area contributed by atoms with E-state index in [4.69, 9.17) is 9.47 Å². The van der Waals surface area contributed by atoms with E-state index in [1.807, 2.05) is 0 Å². The Morgan fingerprint density at radius 3 is 2.44 bits per heavy atom. The van der Waals surface area contributed by atoms with Crippen LogP contribution < -0.4 is 0 Å². The van der Waals surface area contributed by atoms with Crippen LogP contribution in [-0.4, -0.2) is 24.8 Å². The van der Waals surface area contributed by atoms with Crippen LogP contribution in [-0.2, 0) is 14.3 Å². The van der Waals surface area contributed by atoms with Gasteiger partial charge >= 0.3 is 0 Å². The molecule has 1 heterocycles. The first kappa shape index (κ1) is 12.6. The SMILES string of the molecule is CC1C2(CCC3(C)C(=O)CCCC13C)OCCO2. The first-order chi connectivity index (χ1) is 8.45. The topological polar surface area (TPSA) is 35.5 Å². The molecule has 3 nitrogen and oxygen atoms in total. The van der Waals surface area contributed by atoms with Crippen molar-refractivity contribution in [2.75, 3.05) is 13.2 Å². The van der Waals surface area contributed by atoms with Crippen molar-refractivity contribution in [1.29, 1.82) is 0 Å². The Morgan fingerprint density at radius 2 is 1.78 bits per heavy atom. The summed E-state index contributed by atoms with van der Waals surface area (Å²) in [5, 5.41) is 0. The first-order valence-electron chi connectivity index (χ1n) is 7.26. The van der Waals surface area contributed by atoms with E-state index in [9.17, 15) is 4.79 Å². The molecule has 1 aliphatic heterocycles. The van der Waals surface area contributed by atoms with Crippen molar-refractivity contribution in [3.8, 4) is 0 Å². The fourth-order valence-electron chi connectivity index (χ4n) is 4.60. The van der Waals surface area contributed by atoms with Crippen molar-refractivity contribution >= 4 is 5.78 Å². The molecular formula is C15H24O3. The van der Waals surface area contributed by atoms with Crippen molar-refractivity contribution in [3.05, 3.63) is 0 Å². The van der Waals surface area contributed by atoms with Gasteiger partial charge in [0.2, 0.25) is 0 Å². The predicted molar refractivity (Wildman–Crippen MR) is 68.1 cm³/mol. The Morgan fingerprint density at radius 1 is 1.11 bits per heavy atom. The van der Waals surface area contributed by atoms with E-state index in [0.717, 1.165) is 32.1 Å². The van der Waals surface area contributed by atoms with Gasteiger partial charge in [0.1, 0.15) is 5.78 Å². The average molecular weight is 252 g/mol. The van der Waals surface area contributed by atoms with Gasteiger partial charge in [-0.05, 0) is 24.7 Å². The summed E-state index contributed by atoms with van der Waals surface area (Å²) in [6.07, 6.45) is 4.67. The number of Topliss-reactive ketones (excluding diaryl/α,β-unsaturated/α-hetero) is 1. The van der Waals surface area contributed by atoms with Gasteiger partial charge in [0.25, 0.3) is 0 Å². The van der Waals surface area contributed by atoms with Crippen LogP contribution in [0.15, 0.2) is 0 Å². The van der Waals surface area contributed by atoms with E-state index in [0.29, 0.717) is 19.0 Å². The number of hydrogen-bond donors (Lipinski definition) is 0. The quantitative estimate of drug-likeness (QED) is 0.665. The third-order valence-corrected chi connectivity index (χ3v) is 6.34. The largest absolute Gasteiger partial charge is 0.347 e. The second kappa shape index (κ2) is 3.80. The van der Waals surface area contributed by atoms with Gasteiger partial charge in [-0.1, -0.05) is 20.8 Å². The van der Waals surface area contributed by atoms with Gasteiger partial charge in [0, 0.05) is 24.2 Å². The minimum absolute atomic E-state index is 0.0188. The van der Waals surface area contributed by atoms with Gasteiger partial charge in [-0.3, -0.25) is 4.79 Å². The van der Waals surface area contributed by atoms with Gasteiger partial charge in [0.05, 0.1) is 13.2 Å². The molecule has 0 aromatic carbocycles. The maximum atomic E-state index is 12.4. The highest BCUT2D eigenvalue weighted by atomic mass is 16.7. The first-order valence-corrected chi connectivity index (χ1v) is 7.26. The molecule has 3 atom stereocenters. The van der Waals surface area contributed by atoms with Gasteiger partial charge in [-0.25, -0.2) is 0 Å². The molecule has 0 amide bonds. The van der Waals surface area contributed by atoms with Crippen LogP contribution in [0.2, 0.25) is 0 Å². The van der Waals surface area contributed by atoms with Crippen LogP contribution in [0.5, 0.6) is 0 Å². The van der Waals surface area contributed by atoms with E-state index >= 15 is 0 Å². The minimum Gasteiger partial charge on any atom is -0.347 e. The lowest BCUT2D eigenvalue weighted by atomic mass is 9.46. The third kappa shape index (κ3) is 1.35. The maximum Gasteiger partial charge on any atom is 0.171 e. The van der Waals surface area contributed by atoms with E-state index < -0.39 is 5.79 Å². The molecular weight excluding hydrogens is 228 g/mol. The van der Waals surface area contributed by atoms with Crippen molar-refractivity contribution < 1.29 is 14.3 Å². The normalized spacial score (nSPS) is 47.3. The molecule has 3 unspecified atom stereocenters. The van der Waals surface area contributed by atoms with Crippen molar-refractivity contribution in [2.24, 2.45) is 16.7 Å². The van der Waals surface area contributed by atoms with Crippen molar-refractivity contribution in [1.82, 2.24) is 0 Å². The monoisotopic (exact) mass is 252 g/mol. The number of rotatable bonds is 0. The lowest BCUT2D eigenvalue weighted by molar-refractivity contribution is -0.266. The summed E-state index contributed by atoms with van der Waals surface area (Å²) in [5.74, 6) is 0.331. The smallest absolute Gasteiger partial charge is 0.171 e. The molecule has 0 N–H and O–H groups in total. The summed E-state index contributed by atoms with van der Waals surface area (Å²) >= 11 is 0. The molecule has 3 rings (SSSR count). The summed E-state index contributed by atoms with van der Waals surface area (Å²) in [6, 6.07) is 0. The Hall–Kier alpha value is -0.410. The second-order valence-corrected chi connectivity index (χ2v) is 6.76. The van der Waals surface area contributed by atoms with Crippen LogP contribution in [0, 0.1) is 16.7 Å². The highest BCUT2D eigenvalue weighted by Gasteiger charge is 2.64. The van der Waals surface area contributed by atoms with Crippen LogP contribution >= 0.6 is 0 Å². The van der Waals surface area contributed by atoms with Gasteiger partial charge < -0.3 is 9.47 Å². The molecule has 0 bridgehead atoms. The Balaban J connectivity index is 2.00. The highest BCUT2D eigenvalue weighted by molar-refractivity contribution is 5.86. The van der Waals surface area contributed by atoms with Gasteiger partial charge in [-0.15, -0.1) is 0 Å². The number of fused-ring (bicyclic) bond motifs is 1. The zero-order chi connectivity index (χ0) is 13.0. The van der Waals surface area contributed by atoms with Crippen LogP contribution in [0.25, 0.3) is 0 Å². The molecule has 0 aromatic rings. The molecule has 18 heavy (non-hydrogen) atoms. The summed E-state index contributed by atoms with van der Waals surface area (Å²) < 4.78 is 11.9. The average Bonchev–Trinajstić information content (AvgIpc) is 2.81. The number of carbonyl (C=O) groups excluding carboxylic acids is 1. The molecule has 0 radical (unpaired) electrons. The lowest BCUT2D eigenvalue weighted by Gasteiger charge is -2.60. The van der Waals surface area contributed by atoms with Crippen LogP contribution in [0.4, 0.5) is 0 Å². The van der Waals surface area contributed by atoms with E-state index in [-0.39, 0.29) is 16.7 Å². The van der Waals surface area contributed by atoms with Gasteiger partial charge in [-0.2, -0.15) is 0 Å². The molecule has 1 saturated heterocycles. The highest BCUT2D eigenvalue weighted by Crippen LogP contribution is 2.63. The Labute approximate surface area is 109 Å². The third-order valence-electron chi connectivity index (χ3n) is 6.34. The number of ether oxygens (including phenoxy) is 2.